The van der Waals surface area contributed by atoms with Crippen LogP contribution in [0.2, 0.25) is 10.0 Å². The summed E-state index contributed by atoms with van der Waals surface area (Å²) in [6.45, 7) is 0. The zero-order valence-electron chi connectivity index (χ0n) is 8.91. The molecule has 0 aliphatic heterocycles. The number of hydrogen-bond acceptors (Lipinski definition) is 2. The largest absolute Gasteiger partial charge is 0.336 e. The van der Waals surface area contributed by atoms with E-state index in [1.54, 1.807) is 6.07 Å². The Hall–Kier alpha value is -1.24. The third-order valence-electron chi connectivity index (χ3n) is 2.64. The Labute approximate surface area is 109 Å². The molecule has 1 aliphatic carbocycles. The predicted octanol–water partition coefficient (Wildman–Crippen LogP) is 3.03. The molecule has 3 nitrogen and oxygen atoms in total. The van der Waals surface area contributed by atoms with Crippen molar-refractivity contribution in [2.24, 2.45) is 5.92 Å². The molecule has 1 amide bonds. The Morgan fingerprint density at radius 3 is 2.41 bits per heavy atom. The molecule has 1 aliphatic rings. The van der Waals surface area contributed by atoms with Gasteiger partial charge in [-0.05, 0) is 37.0 Å². The zero-order chi connectivity index (χ0) is 12.4. The Bertz CT molecular complexity index is 472. The van der Waals surface area contributed by atoms with Crippen LogP contribution in [0, 0.1) is 17.2 Å². The molecule has 0 aromatic heterocycles. The molecule has 0 bridgehead atoms. The number of carbonyl (C=O) groups is 1. The highest BCUT2D eigenvalue weighted by molar-refractivity contribution is 6.35. The number of carbonyl (C=O) groups excluding carboxylic acids is 1. The molecule has 2 rings (SSSR count). The van der Waals surface area contributed by atoms with Crippen LogP contribution in [0.15, 0.2) is 18.2 Å². The van der Waals surface area contributed by atoms with Crippen LogP contribution in [0.25, 0.3) is 0 Å². The second-order valence-electron chi connectivity index (χ2n) is 4.08. The summed E-state index contributed by atoms with van der Waals surface area (Å²) in [4.78, 5) is 11.9. The SMILES string of the molecule is N#CC(NC(=O)c1cc(Cl)cc(Cl)c1)C1CC1. The minimum Gasteiger partial charge on any atom is -0.336 e. The molecule has 0 radical (unpaired) electrons. The molecule has 17 heavy (non-hydrogen) atoms. The highest BCUT2D eigenvalue weighted by Gasteiger charge is 2.32. The summed E-state index contributed by atoms with van der Waals surface area (Å²) in [5, 5.41) is 12.4. The first-order valence-corrected chi connectivity index (χ1v) is 6.02. The summed E-state index contributed by atoms with van der Waals surface area (Å²) >= 11 is 11.6. The standard InChI is InChI=1S/C12H10Cl2N2O/c13-9-3-8(4-10(14)5-9)12(17)16-11(6-15)7-1-2-7/h3-5,7,11H,1-2H2,(H,16,17). The van der Waals surface area contributed by atoms with Gasteiger partial charge in [-0.3, -0.25) is 4.79 Å². The number of hydrogen-bond donors (Lipinski definition) is 1. The molecule has 5 heteroatoms. The first-order chi connectivity index (χ1) is 8.10. The van der Waals surface area contributed by atoms with E-state index in [1.807, 2.05) is 0 Å². The van der Waals surface area contributed by atoms with Gasteiger partial charge in [-0.1, -0.05) is 23.2 Å². The zero-order valence-corrected chi connectivity index (χ0v) is 10.4. The topological polar surface area (TPSA) is 52.9 Å². The Morgan fingerprint density at radius 1 is 1.35 bits per heavy atom. The van der Waals surface area contributed by atoms with Crippen LogP contribution in [0.4, 0.5) is 0 Å². The van der Waals surface area contributed by atoms with E-state index in [4.69, 9.17) is 28.5 Å². The fourth-order valence-corrected chi connectivity index (χ4v) is 2.12. The number of nitrogens with one attached hydrogen (secondary N) is 1. The van der Waals surface area contributed by atoms with Gasteiger partial charge in [0.1, 0.15) is 6.04 Å². The van der Waals surface area contributed by atoms with Crippen LogP contribution in [-0.2, 0) is 0 Å². The molecular formula is C12H10Cl2N2O. The second-order valence-corrected chi connectivity index (χ2v) is 4.95. The summed E-state index contributed by atoms with van der Waals surface area (Å²) in [7, 11) is 0. The van der Waals surface area contributed by atoms with Gasteiger partial charge in [-0.15, -0.1) is 0 Å². The van der Waals surface area contributed by atoms with Crippen molar-refractivity contribution in [3.05, 3.63) is 33.8 Å². The number of amides is 1. The molecule has 0 heterocycles. The molecule has 0 saturated heterocycles. The van der Waals surface area contributed by atoms with Gasteiger partial charge in [-0.2, -0.15) is 5.26 Å². The van der Waals surface area contributed by atoms with Crippen molar-refractivity contribution in [2.45, 2.75) is 18.9 Å². The van der Waals surface area contributed by atoms with E-state index in [1.165, 1.54) is 12.1 Å². The van der Waals surface area contributed by atoms with Gasteiger partial charge in [-0.25, -0.2) is 0 Å². The maximum absolute atomic E-state index is 11.9. The van der Waals surface area contributed by atoms with Crippen molar-refractivity contribution in [3.8, 4) is 6.07 Å². The van der Waals surface area contributed by atoms with Crippen LogP contribution in [0.5, 0.6) is 0 Å². The Kier molecular flexibility index (Phi) is 3.56. The molecule has 1 unspecified atom stereocenters. The van der Waals surface area contributed by atoms with Crippen molar-refractivity contribution in [1.82, 2.24) is 5.32 Å². The fraction of sp³-hybridized carbons (Fsp3) is 0.333. The Morgan fingerprint density at radius 2 is 1.94 bits per heavy atom. The second kappa shape index (κ2) is 4.95. The van der Waals surface area contributed by atoms with Crippen molar-refractivity contribution < 1.29 is 4.79 Å². The minimum absolute atomic E-state index is 0.290. The smallest absolute Gasteiger partial charge is 0.252 e. The average molecular weight is 269 g/mol. The van der Waals surface area contributed by atoms with E-state index in [2.05, 4.69) is 11.4 Å². The monoisotopic (exact) mass is 268 g/mol. The third kappa shape index (κ3) is 3.12. The lowest BCUT2D eigenvalue weighted by molar-refractivity contribution is 0.0942. The molecule has 1 N–H and O–H groups in total. The third-order valence-corrected chi connectivity index (χ3v) is 3.08. The first-order valence-electron chi connectivity index (χ1n) is 5.26. The van der Waals surface area contributed by atoms with E-state index in [-0.39, 0.29) is 5.91 Å². The van der Waals surface area contributed by atoms with E-state index >= 15 is 0 Å². The fourth-order valence-electron chi connectivity index (χ4n) is 1.59. The van der Waals surface area contributed by atoms with Gasteiger partial charge in [0.2, 0.25) is 0 Å². The maximum Gasteiger partial charge on any atom is 0.252 e. The summed E-state index contributed by atoms with van der Waals surface area (Å²) in [6.07, 6.45) is 1.99. The van der Waals surface area contributed by atoms with E-state index in [9.17, 15) is 4.79 Å². The van der Waals surface area contributed by atoms with Crippen molar-refractivity contribution >= 4 is 29.1 Å². The van der Waals surface area contributed by atoms with Gasteiger partial charge in [0.25, 0.3) is 5.91 Å². The van der Waals surface area contributed by atoms with E-state index in [0.717, 1.165) is 12.8 Å². The summed E-state index contributed by atoms with van der Waals surface area (Å²) in [5.41, 5.74) is 0.378. The number of nitrogens with zero attached hydrogens (tertiary/aromatic N) is 1. The molecule has 0 spiro atoms. The number of rotatable bonds is 3. The van der Waals surface area contributed by atoms with Crippen LogP contribution < -0.4 is 5.32 Å². The molecule has 1 atom stereocenters. The number of nitriles is 1. The van der Waals surface area contributed by atoms with Gasteiger partial charge >= 0.3 is 0 Å². The lowest BCUT2D eigenvalue weighted by atomic mass is 10.1. The van der Waals surface area contributed by atoms with Crippen molar-refractivity contribution in [2.75, 3.05) is 0 Å². The van der Waals surface area contributed by atoms with Crippen molar-refractivity contribution in [3.63, 3.8) is 0 Å². The van der Waals surface area contributed by atoms with Crippen LogP contribution in [0.1, 0.15) is 23.2 Å². The molecule has 1 saturated carbocycles. The summed E-state index contributed by atoms with van der Waals surface area (Å²) < 4.78 is 0. The summed E-state index contributed by atoms with van der Waals surface area (Å²) in [5.74, 6) is -0.0218. The molecular weight excluding hydrogens is 259 g/mol. The van der Waals surface area contributed by atoms with Crippen LogP contribution in [-0.4, -0.2) is 11.9 Å². The average Bonchev–Trinajstić information content (AvgIpc) is 3.08. The van der Waals surface area contributed by atoms with Gasteiger partial charge in [0.05, 0.1) is 6.07 Å². The normalized spacial score (nSPS) is 16.1. The molecule has 88 valence electrons. The highest BCUT2D eigenvalue weighted by atomic mass is 35.5. The minimum atomic E-state index is -0.416. The quantitative estimate of drug-likeness (QED) is 0.916. The highest BCUT2D eigenvalue weighted by Crippen LogP contribution is 2.32. The lowest BCUT2D eigenvalue weighted by Crippen LogP contribution is -2.35. The van der Waals surface area contributed by atoms with Gasteiger partial charge in [0.15, 0.2) is 0 Å². The van der Waals surface area contributed by atoms with E-state index in [0.29, 0.717) is 21.5 Å². The van der Waals surface area contributed by atoms with Crippen molar-refractivity contribution in [1.29, 1.82) is 5.26 Å². The van der Waals surface area contributed by atoms with Crippen LogP contribution in [0.3, 0.4) is 0 Å². The predicted molar refractivity (Wildman–Crippen MR) is 66.1 cm³/mol. The number of benzene rings is 1. The first kappa shape index (κ1) is 12.2. The van der Waals surface area contributed by atoms with Crippen LogP contribution >= 0.6 is 23.2 Å². The van der Waals surface area contributed by atoms with Gasteiger partial charge in [0, 0.05) is 15.6 Å². The van der Waals surface area contributed by atoms with E-state index < -0.39 is 6.04 Å². The summed E-state index contributed by atoms with van der Waals surface area (Å²) in [6, 6.07) is 6.30. The number of halogens is 2. The Balaban J connectivity index is 2.11. The lowest BCUT2D eigenvalue weighted by Gasteiger charge is -2.10. The van der Waals surface area contributed by atoms with Gasteiger partial charge < -0.3 is 5.32 Å². The molecule has 1 aromatic rings. The molecule has 1 aromatic carbocycles. The molecule has 1 fully saturated rings. The maximum atomic E-state index is 11.9.